The highest BCUT2D eigenvalue weighted by molar-refractivity contribution is 4.94. The lowest BCUT2D eigenvalue weighted by atomic mass is 10.2. The molecule has 0 bridgehead atoms. The molecule has 13 heavy (non-hydrogen) atoms. The largest absolute Gasteiger partial charge is 0.498 e. The molecule has 76 valence electrons. The van der Waals surface area contributed by atoms with Gasteiger partial charge in [0.1, 0.15) is 0 Å². The van der Waals surface area contributed by atoms with E-state index in [4.69, 9.17) is 4.74 Å². The molecule has 0 atom stereocenters. The lowest BCUT2D eigenvalue weighted by molar-refractivity contribution is 0.195. The summed E-state index contributed by atoms with van der Waals surface area (Å²) in [4.78, 5) is 0. The van der Waals surface area contributed by atoms with Crippen LogP contribution in [0.25, 0.3) is 0 Å². The molecule has 0 saturated heterocycles. The Morgan fingerprint density at radius 2 is 2.15 bits per heavy atom. The topological polar surface area (TPSA) is 9.23 Å². The minimum absolute atomic E-state index is 0.930. The summed E-state index contributed by atoms with van der Waals surface area (Å²) in [5.41, 5.74) is 0. The normalized spacial score (nSPS) is 17.8. The van der Waals surface area contributed by atoms with E-state index >= 15 is 0 Å². The first-order valence-corrected chi connectivity index (χ1v) is 5.75. The number of rotatable bonds is 5. The quantitative estimate of drug-likeness (QED) is 0.583. The highest BCUT2D eigenvalue weighted by Crippen LogP contribution is 2.18. The smallest absolute Gasteiger partial charge is 0.0919 e. The summed E-state index contributed by atoms with van der Waals surface area (Å²) in [6, 6.07) is 0. The Morgan fingerprint density at radius 1 is 1.23 bits per heavy atom. The van der Waals surface area contributed by atoms with E-state index in [-0.39, 0.29) is 0 Å². The van der Waals surface area contributed by atoms with Crippen LogP contribution in [0.5, 0.6) is 0 Å². The molecule has 0 aromatic rings. The molecular weight excluding hydrogens is 160 g/mol. The van der Waals surface area contributed by atoms with E-state index in [9.17, 15) is 0 Å². The maximum Gasteiger partial charge on any atom is 0.0919 e. The Labute approximate surface area is 82.2 Å². The third kappa shape index (κ3) is 4.97. The van der Waals surface area contributed by atoms with E-state index in [0.717, 1.165) is 6.61 Å². The van der Waals surface area contributed by atoms with Gasteiger partial charge >= 0.3 is 0 Å². The van der Waals surface area contributed by atoms with E-state index in [1.54, 1.807) is 0 Å². The molecule has 0 aromatic heterocycles. The van der Waals surface area contributed by atoms with Gasteiger partial charge in [0.15, 0.2) is 0 Å². The Hall–Kier alpha value is -0.460. The monoisotopic (exact) mass is 182 g/mol. The van der Waals surface area contributed by atoms with Crippen LogP contribution >= 0.6 is 0 Å². The van der Waals surface area contributed by atoms with Crippen LogP contribution in [0.15, 0.2) is 11.8 Å². The lowest BCUT2D eigenvalue weighted by Crippen LogP contribution is -1.94. The van der Waals surface area contributed by atoms with Crippen LogP contribution in [-0.2, 0) is 4.74 Å². The third-order valence-electron chi connectivity index (χ3n) is 2.53. The summed E-state index contributed by atoms with van der Waals surface area (Å²) in [6.45, 7) is 3.16. The summed E-state index contributed by atoms with van der Waals surface area (Å²) >= 11 is 0. The summed E-state index contributed by atoms with van der Waals surface area (Å²) in [7, 11) is 0. The molecule has 0 heterocycles. The van der Waals surface area contributed by atoms with Gasteiger partial charge in [-0.1, -0.05) is 26.2 Å². The van der Waals surface area contributed by atoms with Crippen LogP contribution in [-0.4, -0.2) is 6.61 Å². The molecule has 0 unspecified atom stereocenters. The van der Waals surface area contributed by atoms with Crippen LogP contribution in [0.1, 0.15) is 58.3 Å². The standard InChI is InChI=1S/C12H22O/c1-2-3-8-11-13-12-9-6-4-5-7-10-12/h9H,2-8,10-11H2,1H3. The van der Waals surface area contributed by atoms with Gasteiger partial charge in [0, 0.05) is 6.42 Å². The average molecular weight is 182 g/mol. The van der Waals surface area contributed by atoms with Crippen LogP contribution in [0.4, 0.5) is 0 Å². The molecule has 0 aromatic carbocycles. The highest BCUT2D eigenvalue weighted by Gasteiger charge is 2.02. The fourth-order valence-electron chi connectivity index (χ4n) is 1.67. The maximum absolute atomic E-state index is 5.73. The average Bonchev–Trinajstić information content (AvgIpc) is 2.41. The van der Waals surface area contributed by atoms with Crippen LogP contribution < -0.4 is 0 Å². The van der Waals surface area contributed by atoms with Crippen molar-refractivity contribution in [1.29, 1.82) is 0 Å². The molecule has 0 saturated carbocycles. The molecule has 0 aliphatic heterocycles. The van der Waals surface area contributed by atoms with Crippen molar-refractivity contribution in [2.24, 2.45) is 0 Å². The fourth-order valence-corrected chi connectivity index (χ4v) is 1.67. The first-order chi connectivity index (χ1) is 6.43. The molecule has 1 nitrogen and oxygen atoms in total. The molecule has 1 aliphatic carbocycles. The Balaban J connectivity index is 2.08. The van der Waals surface area contributed by atoms with Gasteiger partial charge in [-0.15, -0.1) is 0 Å². The molecular formula is C12H22O. The lowest BCUT2D eigenvalue weighted by Gasteiger charge is -2.08. The maximum atomic E-state index is 5.73. The Kier molecular flexibility index (Phi) is 5.71. The van der Waals surface area contributed by atoms with E-state index < -0.39 is 0 Å². The SMILES string of the molecule is CCCCCOC1=CCCCCC1. The number of hydrogen-bond donors (Lipinski definition) is 0. The summed E-state index contributed by atoms with van der Waals surface area (Å²) in [6.07, 6.45) is 12.5. The van der Waals surface area contributed by atoms with Gasteiger partial charge in [0.25, 0.3) is 0 Å². The molecule has 0 fully saturated rings. The van der Waals surface area contributed by atoms with E-state index in [2.05, 4.69) is 13.0 Å². The number of ether oxygens (including phenoxy) is 1. The van der Waals surface area contributed by atoms with E-state index in [0.29, 0.717) is 0 Å². The van der Waals surface area contributed by atoms with Gasteiger partial charge in [-0.2, -0.15) is 0 Å². The molecule has 1 aliphatic rings. The van der Waals surface area contributed by atoms with Crippen molar-refractivity contribution in [2.45, 2.75) is 58.3 Å². The third-order valence-corrected chi connectivity index (χ3v) is 2.53. The van der Waals surface area contributed by atoms with Crippen LogP contribution in [0.3, 0.4) is 0 Å². The molecule has 0 N–H and O–H groups in total. The van der Waals surface area contributed by atoms with Crippen molar-refractivity contribution in [1.82, 2.24) is 0 Å². The second-order valence-electron chi connectivity index (χ2n) is 3.83. The molecule has 0 spiro atoms. The molecule has 1 heteroatoms. The Bertz CT molecular complexity index is 149. The van der Waals surface area contributed by atoms with Crippen molar-refractivity contribution in [2.75, 3.05) is 6.61 Å². The van der Waals surface area contributed by atoms with Gasteiger partial charge in [-0.3, -0.25) is 0 Å². The fraction of sp³-hybridized carbons (Fsp3) is 0.833. The first-order valence-electron chi connectivity index (χ1n) is 5.75. The predicted octanol–water partition coefficient (Wildman–Crippen LogP) is 4.04. The van der Waals surface area contributed by atoms with E-state index in [1.807, 2.05) is 0 Å². The Morgan fingerprint density at radius 3 is 3.00 bits per heavy atom. The van der Waals surface area contributed by atoms with Crippen molar-refractivity contribution < 1.29 is 4.74 Å². The van der Waals surface area contributed by atoms with Crippen molar-refractivity contribution in [3.05, 3.63) is 11.8 Å². The molecule has 1 rings (SSSR count). The van der Waals surface area contributed by atoms with Crippen molar-refractivity contribution in [3.8, 4) is 0 Å². The number of hydrogen-bond acceptors (Lipinski definition) is 1. The van der Waals surface area contributed by atoms with Gasteiger partial charge in [0.2, 0.25) is 0 Å². The van der Waals surface area contributed by atoms with Crippen LogP contribution in [0.2, 0.25) is 0 Å². The minimum atomic E-state index is 0.930. The second-order valence-corrected chi connectivity index (χ2v) is 3.83. The number of allylic oxidation sites excluding steroid dienone is 2. The van der Waals surface area contributed by atoms with E-state index in [1.165, 1.54) is 57.1 Å². The zero-order chi connectivity index (χ0) is 9.36. The number of unbranched alkanes of at least 4 members (excludes halogenated alkanes) is 2. The zero-order valence-corrected chi connectivity index (χ0v) is 8.85. The van der Waals surface area contributed by atoms with Crippen LogP contribution in [0, 0.1) is 0 Å². The zero-order valence-electron chi connectivity index (χ0n) is 8.85. The first kappa shape index (κ1) is 10.6. The second kappa shape index (κ2) is 6.99. The molecule has 0 amide bonds. The highest BCUT2D eigenvalue weighted by atomic mass is 16.5. The van der Waals surface area contributed by atoms with Gasteiger partial charge in [0.05, 0.1) is 12.4 Å². The summed E-state index contributed by atoms with van der Waals surface area (Å²) < 4.78 is 5.73. The minimum Gasteiger partial charge on any atom is -0.498 e. The van der Waals surface area contributed by atoms with Gasteiger partial charge in [-0.25, -0.2) is 0 Å². The van der Waals surface area contributed by atoms with Gasteiger partial charge in [-0.05, 0) is 31.8 Å². The predicted molar refractivity (Wildman–Crippen MR) is 56.6 cm³/mol. The van der Waals surface area contributed by atoms with Crippen molar-refractivity contribution in [3.63, 3.8) is 0 Å². The van der Waals surface area contributed by atoms with Crippen molar-refractivity contribution >= 4 is 0 Å². The molecule has 0 radical (unpaired) electrons. The van der Waals surface area contributed by atoms with Gasteiger partial charge < -0.3 is 4.74 Å². The summed E-state index contributed by atoms with van der Waals surface area (Å²) in [5, 5.41) is 0. The summed E-state index contributed by atoms with van der Waals surface area (Å²) in [5.74, 6) is 1.26.